The molecule has 1 unspecified atom stereocenters. The molecule has 7 nitrogen and oxygen atoms in total. The van der Waals surface area contributed by atoms with Crippen molar-refractivity contribution in [1.29, 1.82) is 0 Å². The van der Waals surface area contributed by atoms with E-state index in [-0.39, 0.29) is 0 Å². The van der Waals surface area contributed by atoms with Crippen molar-refractivity contribution in [3.05, 3.63) is 78.2 Å². The summed E-state index contributed by atoms with van der Waals surface area (Å²) in [5.41, 5.74) is 7.24. The molecule has 0 radical (unpaired) electrons. The molecule has 180 valence electrons. The summed E-state index contributed by atoms with van der Waals surface area (Å²) in [4.78, 5) is 13.7. The molecular formula is C28H32N6O. The highest BCUT2D eigenvalue weighted by molar-refractivity contribution is 5.82. The van der Waals surface area contributed by atoms with Crippen molar-refractivity contribution in [2.45, 2.75) is 25.1 Å². The fourth-order valence-corrected chi connectivity index (χ4v) is 5.34. The minimum absolute atomic E-state index is 0.461. The van der Waals surface area contributed by atoms with Crippen molar-refractivity contribution in [1.82, 2.24) is 24.3 Å². The first-order valence-electron chi connectivity index (χ1n) is 12.4. The van der Waals surface area contributed by atoms with Crippen LogP contribution in [0.4, 0.5) is 5.82 Å². The van der Waals surface area contributed by atoms with Crippen LogP contribution in [0.2, 0.25) is 0 Å². The van der Waals surface area contributed by atoms with E-state index in [4.69, 9.17) is 0 Å². The molecule has 0 aliphatic carbocycles. The van der Waals surface area contributed by atoms with Gasteiger partial charge in [-0.3, -0.25) is 4.90 Å². The lowest BCUT2D eigenvalue weighted by Crippen LogP contribution is -2.44. The number of aliphatic hydroxyl groups is 1. The minimum Gasteiger partial charge on any atom is -0.390 e. The predicted octanol–water partition coefficient (Wildman–Crippen LogP) is 3.42. The molecule has 2 aromatic carbocycles. The molecule has 1 atom stereocenters. The van der Waals surface area contributed by atoms with Crippen molar-refractivity contribution < 1.29 is 5.11 Å². The molecule has 0 amide bonds. The maximum atomic E-state index is 10.7. The number of likely N-dealkylation sites (N-methyl/N-ethyl adjacent to an activating group) is 1. The summed E-state index contributed by atoms with van der Waals surface area (Å²) >= 11 is 0. The van der Waals surface area contributed by atoms with Crippen LogP contribution in [0.3, 0.4) is 0 Å². The van der Waals surface area contributed by atoms with Crippen molar-refractivity contribution in [3.63, 3.8) is 0 Å². The number of rotatable bonds is 7. The van der Waals surface area contributed by atoms with Crippen molar-refractivity contribution in [2.75, 3.05) is 45.1 Å². The van der Waals surface area contributed by atoms with Gasteiger partial charge in [0.05, 0.1) is 29.5 Å². The normalized spacial score (nSPS) is 17.8. The van der Waals surface area contributed by atoms with Crippen LogP contribution in [0, 0.1) is 0 Å². The third-order valence-electron chi connectivity index (χ3n) is 7.30. The van der Waals surface area contributed by atoms with E-state index in [0.717, 1.165) is 55.1 Å². The molecule has 0 spiro atoms. The summed E-state index contributed by atoms with van der Waals surface area (Å²) in [5, 5.41) is 14.0. The van der Waals surface area contributed by atoms with Crippen LogP contribution < -0.4 is 5.32 Å². The van der Waals surface area contributed by atoms with Gasteiger partial charge in [0, 0.05) is 45.5 Å². The molecule has 0 bridgehead atoms. The molecule has 7 heteroatoms. The molecule has 4 aromatic rings. The van der Waals surface area contributed by atoms with E-state index in [0.29, 0.717) is 19.1 Å². The second-order valence-corrected chi connectivity index (χ2v) is 9.95. The first-order valence-corrected chi connectivity index (χ1v) is 12.4. The van der Waals surface area contributed by atoms with Crippen LogP contribution in [-0.4, -0.2) is 75.3 Å². The summed E-state index contributed by atoms with van der Waals surface area (Å²) in [7, 11) is 2.15. The van der Waals surface area contributed by atoms with Crippen molar-refractivity contribution in [2.24, 2.45) is 0 Å². The van der Waals surface area contributed by atoms with Crippen LogP contribution in [0.5, 0.6) is 0 Å². The molecule has 1 saturated heterocycles. The lowest BCUT2D eigenvalue weighted by atomic mass is 10.00. The summed E-state index contributed by atoms with van der Waals surface area (Å²) in [6.07, 6.45) is 4.37. The highest BCUT2D eigenvalue weighted by atomic mass is 16.3. The molecule has 4 heterocycles. The SMILES string of the molecule is CN1CC(n2cnc3ccc(-c4ccnc(NCC(O)CN5CCc6ccccc6C5)c4)cc32)C1. The first kappa shape index (κ1) is 22.2. The molecule has 2 aliphatic rings. The number of anilines is 1. The Bertz CT molecular complexity index is 1330. The Morgan fingerprint density at radius 3 is 2.71 bits per heavy atom. The number of nitrogens with one attached hydrogen (secondary N) is 1. The zero-order chi connectivity index (χ0) is 23.8. The average molecular weight is 469 g/mol. The first-order chi connectivity index (χ1) is 17.1. The van der Waals surface area contributed by atoms with Gasteiger partial charge in [-0.2, -0.15) is 0 Å². The number of hydrogen-bond acceptors (Lipinski definition) is 6. The number of benzene rings is 2. The highest BCUT2D eigenvalue weighted by Gasteiger charge is 2.26. The molecule has 1 fully saturated rings. The number of fused-ring (bicyclic) bond motifs is 2. The van der Waals surface area contributed by atoms with Gasteiger partial charge in [0.2, 0.25) is 0 Å². The van der Waals surface area contributed by atoms with Gasteiger partial charge in [0.25, 0.3) is 0 Å². The summed E-state index contributed by atoms with van der Waals surface area (Å²) in [6.45, 7) is 5.12. The zero-order valence-corrected chi connectivity index (χ0v) is 20.1. The van der Waals surface area contributed by atoms with E-state index in [2.05, 4.69) is 85.2 Å². The van der Waals surface area contributed by atoms with Gasteiger partial charge in [-0.15, -0.1) is 0 Å². The van der Waals surface area contributed by atoms with Crippen LogP contribution in [0.25, 0.3) is 22.2 Å². The lowest BCUT2D eigenvalue weighted by Gasteiger charge is -2.37. The predicted molar refractivity (Wildman–Crippen MR) is 139 cm³/mol. The fraction of sp³-hybridized carbons (Fsp3) is 0.357. The van der Waals surface area contributed by atoms with Gasteiger partial charge in [0.15, 0.2) is 0 Å². The van der Waals surface area contributed by atoms with E-state index in [1.807, 2.05) is 18.6 Å². The van der Waals surface area contributed by atoms with Crippen LogP contribution in [0.1, 0.15) is 17.2 Å². The Kier molecular flexibility index (Phi) is 5.98. The Hall–Kier alpha value is -3.26. The molecule has 35 heavy (non-hydrogen) atoms. The summed E-state index contributed by atoms with van der Waals surface area (Å²) in [6, 6.07) is 19.6. The van der Waals surface area contributed by atoms with Crippen LogP contribution in [0.15, 0.2) is 67.1 Å². The van der Waals surface area contributed by atoms with E-state index in [9.17, 15) is 5.11 Å². The molecule has 2 N–H and O–H groups in total. The van der Waals surface area contributed by atoms with Crippen LogP contribution in [-0.2, 0) is 13.0 Å². The van der Waals surface area contributed by atoms with E-state index in [1.165, 1.54) is 16.6 Å². The topological polar surface area (TPSA) is 69.5 Å². The fourth-order valence-electron chi connectivity index (χ4n) is 5.34. The largest absolute Gasteiger partial charge is 0.390 e. The second-order valence-electron chi connectivity index (χ2n) is 9.95. The monoisotopic (exact) mass is 468 g/mol. The Balaban J connectivity index is 1.10. The number of hydrogen-bond donors (Lipinski definition) is 2. The number of aliphatic hydroxyl groups excluding tert-OH is 1. The minimum atomic E-state index is -0.461. The van der Waals surface area contributed by atoms with Gasteiger partial charge in [-0.05, 0) is 60.0 Å². The highest BCUT2D eigenvalue weighted by Crippen LogP contribution is 2.29. The van der Waals surface area contributed by atoms with E-state index < -0.39 is 6.10 Å². The quantitative estimate of drug-likeness (QED) is 0.433. The Labute approximate surface area is 206 Å². The third kappa shape index (κ3) is 4.67. The van der Waals surface area contributed by atoms with Crippen molar-refractivity contribution in [3.8, 4) is 11.1 Å². The van der Waals surface area contributed by atoms with Crippen LogP contribution >= 0.6 is 0 Å². The maximum absolute atomic E-state index is 10.7. The van der Waals surface area contributed by atoms with E-state index in [1.54, 1.807) is 0 Å². The lowest BCUT2D eigenvalue weighted by molar-refractivity contribution is 0.114. The number of β-amino-alcohol motifs (C(OH)–C–C–N with tert-alkyl or cyclic N) is 1. The Morgan fingerprint density at radius 1 is 1.03 bits per heavy atom. The number of nitrogens with zero attached hydrogens (tertiary/aromatic N) is 5. The van der Waals surface area contributed by atoms with Gasteiger partial charge < -0.3 is 19.9 Å². The zero-order valence-electron chi connectivity index (χ0n) is 20.1. The standard InChI is InChI=1S/C28H32N6O/c1-32-16-24(17-32)34-19-31-26-7-6-21(12-27(26)34)22-8-10-29-28(13-22)30-14-25(35)18-33-11-9-20-4-2-3-5-23(20)15-33/h2-8,10,12-13,19,24-25,35H,9,11,14-18H2,1H3,(H,29,30). The van der Waals surface area contributed by atoms with Gasteiger partial charge in [0.1, 0.15) is 5.82 Å². The average Bonchev–Trinajstić information content (AvgIpc) is 3.28. The smallest absolute Gasteiger partial charge is 0.126 e. The second kappa shape index (κ2) is 9.41. The van der Waals surface area contributed by atoms with Gasteiger partial charge in [-0.1, -0.05) is 30.3 Å². The van der Waals surface area contributed by atoms with E-state index >= 15 is 0 Å². The molecule has 6 rings (SSSR count). The molecule has 2 aliphatic heterocycles. The summed E-state index contributed by atoms with van der Waals surface area (Å²) in [5.74, 6) is 0.778. The van der Waals surface area contributed by atoms with Gasteiger partial charge in [-0.25, -0.2) is 9.97 Å². The molecule has 2 aromatic heterocycles. The summed E-state index contributed by atoms with van der Waals surface area (Å²) < 4.78 is 2.30. The van der Waals surface area contributed by atoms with Crippen molar-refractivity contribution >= 4 is 16.9 Å². The van der Waals surface area contributed by atoms with Gasteiger partial charge >= 0.3 is 0 Å². The number of aromatic nitrogens is 3. The Morgan fingerprint density at radius 2 is 1.86 bits per heavy atom. The molecule has 0 saturated carbocycles. The molecular weight excluding hydrogens is 436 g/mol. The number of likely N-dealkylation sites (tertiary alicyclic amines) is 1. The maximum Gasteiger partial charge on any atom is 0.126 e. The third-order valence-corrected chi connectivity index (χ3v) is 7.30. The number of imidazole rings is 1. The number of pyridine rings is 1.